The summed E-state index contributed by atoms with van der Waals surface area (Å²) in [6.45, 7) is 17.1. The van der Waals surface area contributed by atoms with Gasteiger partial charge < -0.3 is 46.6 Å². The van der Waals surface area contributed by atoms with Gasteiger partial charge in [-0.3, -0.25) is 33.6 Å². The number of likely N-dealkylation sites (N-methyl/N-ethyl adjacent to an activating group) is 2. The molecule has 1 fully saturated rings. The van der Waals surface area contributed by atoms with E-state index in [0.717, 1.165) is 47.1 Å². The van der Waals surface area contributed by atoms with Gasteiger partial charge in [0.2, 0.25) is 35.4 Å². The van der Waals surface area contributed by atoms with Crippen LogP contribution >= 0.6 is 0 Å². The van der Waals surface area contributed by atoms with E-state index in [1.807, 2.05) is 133 Å². The van der Waals surface area contributed by atoms with Crippen molar-refractivity contribution in [1.29, 1.82) is 0 Å². The number of benzene rings is 4. The fourth-order valence-corrected chi connectivity index (χ4v) is 10.7. The van der Waals surface area contributed by atoms with Gasteiger partial charge in [-0.05, 0) is 117 Å². The van der Waals surface area contributed by atoms with Gasteiger partial charge in [-0.2, -0.15) is 0 Å². The minimum Gasteiger partial charge on any atom is -0.347 e. The van der Waals surface area contributed by atoms with Crippen LogP contribution in [-0.2, 0) is 54.7 Å². The molecule has 6 N–H and O–H groups in total. The minimum absolute atomic E-state index is 0.0452. The summed E-state index contributed by atoms with van der Waals surface area (Å²) in [4.78, 5) is 105. The highest BCUT2D eigenvalue weighted by molar-refractivity contribution is 5.97. The highest BCUT2D eigenvalue weighted by atomic mass is 16.2. The Morgan fingerprint density at radius 1 is 0.636 bits per heavy atom. The predicted octanol–water partition coefficient (Wildman–Crippen LogP) is 5.90. The van der Waals surface area contributed by atoms with Gasteiger partial charge in [0.05, 0.1) is 24.2 Å². The third kappa shape index (κ3) is 13.6. The fraction of sp³-hybridized carbons (Fsp3) is 0.492. The number of hydrogen-bond acceptors (Lipinski definition) is 9. The van der Waals surface area contributed by atoms with Crippen LogP contribution in [-0.4, -0.2) is 119 Å². The molecule has 3 aliphatic rings. The monoisotopic (exact) mass is 1050 g/mol. The van der Waals surface area contributed by atoms with Crippen LogP contribution in [0.4, 0.5) is 0 Å². The first-order valence-corrected chi connectivity index (χ1v) is 27.3. The SMILES string of the molecule is CNC(C)C(=O)NC(C(=O)N1Cc2ccccc2CC1C(=O)N(Cc1ccc(C(=O)N[C@H]2C[C@@H](C(=O)N[C@@H]3CCCc4ccccc43)N(C(=O)C(NC(=O)C(C)NC)C(C)(C)C)C2)cc1)[C@H](C)c1ccccc1)C(C)(C)C. The van der Waals surface area contributed by atoms with E-state index in [2.05, 4.69) is 38.0 Å². The third-order valence-electron chi connectivity index (χ3n) is 15.8. The van der Waals surface area contributed by atoms with E-state index < -0.39 is 71.0 Å². The van der Waals surface area contributed by atoms with Crippen molar-refractivity contribution in [3.8, 4) is 0 Å². The summed E-state index contributed by atoms with van der Waals surface area (Å²) < 4.78 is 0. The van der Waals surface area contributed by atoms with Gasteiger partial charge >= 0.3 is 0 Å². The zero-order valence-electron chi connectivity index (χ0n) is 46.9. The quantitative estimate of drug-likeness (QED) is 0.0745. The standard InChI is InChI=1S/C61H81N9O7/c1-37(62-10)53(71)66-51(60(4,5)6)58(76)69-35-45-24-16-15-23-44(45)32-50(69)57(75)68(39(3)41-20-13-12-14-21-41)34-40-28-30-43(31-29-40)55(73)64-46-33-49(56(74)65-48-27-19-25-42-22-17-18-26-47(42)48)70(36-46)59(77)52(61(7,8)9)67-54(72)38(2)63-11/h12-18,20-24,26,28-31,37-39,46,48-52,62-63H,19,25,27,32-36H2,1-11H3,(H,64,73)(H,65,74)(H,66,71)(H,67,72)/t37?,38?,39-,46+,48-,49+,50?,51?,52?/m1/s1. The van der Waals surface area contributed by atoms with Crippen LogP contribution in [0.25, 0.3) is 0 Å². The highest BCUT2D eigenvalue weighted by Gasteiger charge is 2.47. The molecule has 4 aromatic rings. The van der Waals surface area contributed by atoms with Crippen LogP contribution < -0.4 is 31.9 Å². The molecule has 0 bridgehead atoms. The number of carbonyl (C=O) groups excluding carboxylic acids is 7. The Balaban J connectivity index is 1.14. The van der Waals surface area contributed by atoms with Crippen LogP contribution in [0.15, 0.2) is 103 Å². The molecular weight excluding hydrogens is 971 g/mol. The first-order valence-electron chi connectivity index (χ1n) is 27.3. The molecule has 2 heterocycles. The van der Waals surface area contributed by atoms with Gasteiger partial charge in [-0.15, -0.1) is 0 Å². The van der Waals surface area contributed by atoms with Gasteiger partial charge in [0, 0.05) is 37.7 Å². The summed E-state index contributed by atoms with van der Waals surface area (Å²) in [5.41, 5.74) is 4.72. The van der Waals surface area contributed by atoms with Crippen molar-refractivity contribution in [3.05, 3.63) is 142 Å². The van der Waals surface area contributed by atoms with E-state index in [9.17, 15) is 28.8 Å². The molecule has 2 aliphatic heterocycles. The maximum Gasteiger partial charge on any atom is 0.251 e. The Morgan fingerprint density at radius 2 is 1.18 bits per heavy atom. The van der Waals surface area contributed by atoms with Crippen molar-refractivity contribution < 1.29 is 33.6 Å². The lowest BCUT2D eigenvalue weighted by Crippen LogP contribution is -2.62. The molecule has 1 saturated heterocycles. The van der Waals surface area contributed by atoms with Crippen molar-refractivity contribution >= 4 is 41.4 Å². The maximum atomic E-state index is 15.5. The summed E-state index contributed by atoms with van der Waals surface area (Å²) in [5, 5.41) is 18.2. The van der Waals surface area contributed by atoms with Crippen molar-refractivity contribution in [2.75, 3.05) is 20.6 Å². The van der Waals surface area contributed by atoms with Crippen molar-refractivity contribution in [2.24, 2.45) is 10.8 Å². The number of fused-ring (bicyclic) bond motifs is 2. The first-order chi connectivity index (χ1) is 36.5. The van der Waals surface area contributed by atoms with Gasteiger partial charge in [-0.25, -0.2) is 0 Å². The summed E-state index contributed by atoms with van der Waals surface area (Å²) in [5.74, 6) is -2.40. The first kappa shape index (κ1) is 57.8. The molecule has 7 amide bonds. The Bertz CT molecular complexity index is 2770. The molecule has 0 aromatic heterocycles. The molecule has 16 nitrogen and oxygen atoms in total. The zero-order valence-corrected chi connectivity index (χ0v) is 46.9. The molecule has 16 heteroatoms. The molecule has 4 aromatic carbocycles. The molecule has 412 valence electrons. The summed E-state index contributed by atoms with van der Waals surface area (Å²) >= 11 is 0. The third-order valence-corrected chi connectivity index (χ3v) is 15.8. The van der Waals surface area contributed by atoms with Crippen LogP contribution in [0.5, 0.6) is 0 Å². The van der Waals surface area contributed by atoms with Crippen molar-refractivity contribution in [1.82, 2.24) is 46.6 Å². The smallest absolute Gasteiger partial charge is 0.251 e. The van der Waals surface area contributed by atoms with E-state index in [1.54, 1.807) is 49.9 Å². The number of amides is 7. The largest absolute Gasteiger partial charge is 0.347 e. The maximum absolute atomic E-state index is 15.5. The highest BCUT2D eigenvalue weighted by Crippen LogP contribution is 2.34. The van der Waals surface area contributed by atoms with E-state index in [0.29, 0.717) is 5.56 Å². The molecule has 77 heavy (non-hydrogen) atoms. The van der Waals surface area contributed by atoms with Crippen LogP contribution in [0.2, 0.25) is 0 Å². The van der Waals surface area contributed by atoms with Gasteiger partial charge in [0.15, 0.2) is 0 Å². The molecule has 1 aliphatic carbocycles. The molecule has 5 unspecified atom stereocenters. The van der Waals surface area contributed by atoms with Gasteiger partial charge in [0.1, 0.15) is 24.2 Å². The second kappa shape index (κ2) is 24.6. The predicted molar refractivity (Wildman–Crippen MR) is 298 cm³/mol. The number of likely N-dealkylation sites (tertiary alicyclic amines) is 1. The van der Waals surface area contributed by atoms with Gasteiger partial charge in [-0.1, -0.05) is 133 Å². The summed E-state index contributed by atoms with van der Waals surface area (Å²) in [6, 6.07) is 26.5. The van der Waals surface area contributed by atoms with Crippen LogP contribution in [0.3, 0.4) is 0 Å². The number of nitrogens with zero attached hydrogens (tertiary/aromatic N) is 3. The van der Waals surface area contributed by atoms with Crippen LogP contribution in [0.1, 0.15) is 137 Å². The Labute approximate surface area is 455 Å². The molecule has 0 spiro atoms. The number of rotatable bonds is 17. The van der Waals surface area contributed by atoms with Crippen molar-refractivity contribution in [3.63, 3.8) is 0 Å². The number of hydrogen-bond donors (Lipinski definition) is 6. The molecular formula is C61H81N9O7. The normalized spacial score (nSPS) is 20.2. The topological polar surface area (TPSA) is 201 Å². The molecule has 9 atom stereocenters. The summed E-state index contributed by atoms with van der Waals surface area (Å²) in [7, 11) is 3.35. The zero-order chi connectivity index (χ0) is 55.9. The van der Waals surface area contributed by atoms with Crippen LogP contribution in [0, 0.1) is 10.8 Å². The Hall–Kier alpha value is -6.91. The van der Waals surface area contributed by atoms with Crippen molar-refractivity contribution in [2.45, 2.75) is 162 Å². The fourth-order valence-electron chi connectivity index (χ4n) is 10.7. The van der Waals surface area contributed by atoms with E-state index >= 15 is 4.79 Å². The number of carbonyl (C=O) groups is 7. The Morgan fingerprint density at radius 3 is 1.77 bits per heavy atom. The molecule has 0 saturated carbocycles. The molecule has 7 rings (SSSR count). The minimum atomic E-state index is -0.965. The second-order valence-electron chi connectivity index (χ2n) is 23.4. The average Bonchev–Trinajstić information content (AvgIpc) is 3.87. The lowest BCUT2D eigenvalue weighted by Gasteiger charge is -2.43. The second-order valence-corrected chi connectivity index (χ2v) is 23.4. The number of nitrogens with one attached hydrogen (secondary N) is 6. The average molecular weight is 1050 g/mol. The van der Waals surface area contributed by atoms with E-state index in [-0.39, 0.29) is 68.1 Å². The number of aryl methyl sites for hydroxylation is 1. The van der Waals surface area contributed by atoms with E-state index in [1.165, 1.54) is 10.5 Å². The molecule has 0 radical (unpaired) electrons. The van der Waals surface area contributed by atoms with Gasteiger partial charge in [0.25, 0.3) is 5.91 Å². The van der Waals surface area contributed by atoms with E-state index in [4.69, 9.17) is 0 Å². The summed E-state index contributed by atoms with van der Waals surface area (Å²) in [6.07, 6.45) is 3.01. The Kier molecular flexibility index (Phi) is 18.5. The lowest BCUT2D eigenvalue weighted by molar-refractivity contribution is -0.152. The lowest BCUT2D eigenvalue weighted by atomic mass is 9.84.